The second-order valence-corrected chi connectivity index (χ2v) is 6.59. The van der Waals surface area contributed by atoms with Crippen molar-refractivity contribution < 1.29 is 0 Å². The predicted octanol–water partition coefficient (Wildman–Crippen LogP) is 3.95. The highest BCUT2D eigenvalue weighted by Crippen LogP contribution is 2.26. The third-order valence-corrected chi connectivity index (χ3v) is 4.87. The van der Waals surface area contributed by atoms with Crippen LogP contribution in [0.4, 0.5) is 5.95 Å². The smallest absolute Gasteiger partial charge is 0.253 e. The molecule has 0 atom stereocenters. The molecule has 3 heterocycles. The van der Waals surface area contributed by atoms with Crippen molar-refractivity contribution in [3.8, 4) is 10.6 Å². The summed E-state index contributed by atoms with van der Waals surface area (Å²) in [6.45, 7) is 0.712. The highest BCUT2D eigenvalue weighted by molar-refractivity contribution is 7.13. The van der Waals surface area contributed by atoms with Gasteiger partial charge in [-0.2, -0.15) is 4.98 Å². The van der Waals surface area contributed by atoms with Crippen LogP contribution in [0, 0.1) is 0 Å². The Labute approximate surface area is 147 Å². The maximum atomic E-state index is 4.62. The number of aromatic amines is 1. The Balaban J connectivity index is 1.46. The van der Waals surface area contributed by atoms with Crippen LogP contribution in [0.3, 0.4) is 0 Å². The number of hydrogen-bond acceptors (Lipinski definition) is 5. The lowest BCUT2D eigenvalue weighted by Gasteiger charge is -2.02. The summed E-state index contributed by atoms with van der Waals surface area (Å²) < 4.78 is 1.90. The molecule has 0 bridgehead atoms. The van der Waals surface area contributed by atoms with Gasteiger partial charge in [0.25, 0.3) is 5.78 Å². The van der Waals surface area contributed by atoms with Crippen LogP contribution < -0.4 is 5.32 Å². The predicted molar refractivity (Wildman–Crippen MR) is 99.7 cm³/mol. The van der Waals surface area contributed by atoms with Gasteiger partial charge in [-0.05, 0) is 23.8 Å². The first kappa shape index (κ1) is 14.2. The number of rotatable bonds is 4. The molecule has 0 fully saturated rings. The van der Waals surface area contributed by atoms with Crippen LogP contribution in [0.2, 0.25) is 0 Å². The van der Waals surface area contributed by atoms with Gasteiger partial charge in [0, 0.05) is 23.7 Å². The van der Waals surface area contributed by atoms with E-state index in [-0.39, 0.29) is 0 Å². The van der Waals surface area contributed by atoms with E-state index in [1.54, 1.807) is 11.3 Å². The number of thiazole rings is 1. The van der Waals surface area contributed by atoms with Crippen molar-refractivity contribution in [3.05, 3.63) is 65.7 Å². The van der Waals surface area contributed by atoms with Crippen LogP contribution in [-0.4, -0.2) is 24.6 Å². The van der Waals surface area contributed by atoms with Crippen molar-refractivity contribution in [2.24, 2.45) is 0 Å². The monoisotopic (exact) mass is 346 g/mol. The van der Waals surface area contributed by atoms with E-state index in [9.17, 15) is 0 Å². The third-order valence-electron chi connectivity index (χ3n) is 4.05. The Morgan fingerprint density at radius 2 is 2.00 bits per heavy atom. The van der Waals surface area contributed by atoms with Crippen LogP contribution in [0.25, 0.3) is 27.4 Å². The zero-order chi connectivity index (χ0) is 16.6. The lowest BCUT2D eigenvalue weighted by Crippen LogP contribution is -2.01. The molecule has 0 aliphatic rings. The zero-order valence-corrected chi connectivity index (χ0v) is 14.0. The molecular formula is C18H14N6S. The Hall–Kier alpha value is -3.19. The first-order chi connectivity index (χ1) is 12.4. The number of anilines is 1. The normalized spacial score (nSPS) is 11.4. The molecular weight excluding hydrogens is 332 g/mol. The Morgan fingerprint density at radius 1 is 1.08 bits per heavy atom. The molecule has 5 aromatic rings. The molecule has 0 aliphatic carbocycles. The van der Waals surface area contributed by atoms with Crippen molar-refractivity contribution in [1.29, 1.82) is 0 Å². The van der Waals surface area contributed by atoms with E-state index >= 15 is 0 Å². The van der Waals surface area contributed by atoms with Crippen molar-refractivity contribution in [3.63, 3.8) is 0 Å². The molecule has 122 valence electrons. The molecule has 0 aliphatic heterocycles. The first-order valence-corrected chi connectivity index (χ1v) is 8.81. The maximum absolute atomic E-state index is 4.62. The van der Waals surface area contributed by atoms with Crippen LogP contribution in [0.15, 0.2) is 60.1 Å². The fraction of sp³-hybridized carbons (Fsp3) is 0.0556. The van der Waals surface area contributed by atoms with Crippen molar-refractivity contribution in [2.45, 2.75) is 6.54 Å². The third kappa shape index (κ3) is 2.54. The van der Waals surface area contributed by atoms with Crippen LogP contribution >= 0.6 is 11.3 Å². The number of hydrogen-bond donors (Lipinski definition) is 2. The molecule has 5 rings (SSSR count). The average molecular weight is 346 g/mol. The lowest BCUT2D eigenvalue weighted by atomic mass is 10.2. The number of H-pyrrole nitrogens is 1. The van der Waals surface area contributed by atoms with Crippen molar-refractivity contribution >= 4 is 34.1 Å². The Kier molecular flexibility index (Phi) is 3.24. The van der Waals surface area contributed by atoms with Gasteiger partial charge >= 0.3 is 0 Å². The van der Waals surface area contributed by atoms with E-state index in [4.69, 9.17) is 0 Å². The van der Waals surface area contributed by atoms with Crippen molar-refractivity contribution in [2.75, 3.05) is 5.32 Å². The fourth-order valence-electron chi connectivity index (χ4n) is 2.84. The topological polar surface area (TPSA) is 70.9 Å². The standard InChI is InChI=1S/C18H14N6S/c1-2-4-12(5-3-1)11-20-17-22-18-21-14-10-13(16-19-8-9-25-16)6-7-15(14)24(18)23-17/h1-10H,11H2,(H2,20,21,22,23). The summed E-state index contributed by atoms with van der Waals surface area (Å²) in [5.74, 6) is 1.36. The minimum atomic E-state index is 0.654. The second-order valence-electron chi connectivity index (χ2n) is 5.70. The molecule has 0 saturated heterocycles. The van der Waals surface area contributed by atoms with E-state index < -0.39 is 0 Å². The quantitative estimate of drug-likeness (QED) is 0.517. The fourth-order valence-corrected chi connectivity index (χ4v) is 3.48. The molecule has 0 spiro atoms. The highest BCUT2D eigenvalue weighted by atomic mass is 32.1. The zero-order valence-electron chi connectivity index (χ0n) is 13.2. The molecule has 2 N–H and O–H groups in total. The Morgan fingerprint density at radius 3 is 2.84 bits per heavy atom. The maximum Gasteiger partial charge on any atom is 0.253 e. The van der Waals surface area contributed by atoms with Gasteiger partial charge < -0.3 is 5.32 Å². The second kappa shape index (κ2) is 5.71. The first-order valence-electron chi connectivity index (χ1n) is 7.93. The van der Waals surface area contributed by atoms with Crippen LogP contribution in [0.1, 0.15) is 5.56 Å². The van der Waals surface area contributed by atoms with Gasteiger partial charge in [0.2, 0.25) is 5.95 Å². The minimum Gasteiger partial charge on any atom is -0.351 e. The molecule has 0 radical (unpaired) electrons. The molecule has 7 heteroatoms. The van der Waals surface area contributed by atoms with E-state index in [0.717, 1.165) is 21.6 Å². The number of nitrogens with zero attached hydrogens (tertiary/aromatic N) is 4. The summed E-state index contributed by atoms with van der Waals surface area (Å²) >= 11 is 1.62. The minimum absolute atomic E-state index is 0.654. The van der Waals surface area contributed by atoms with Gasteiger partial charge in [-0.1, -0.05) is 30.3 Å². The largest absolute Gasteiger partial charge is 0.351 e. The van der Waals surface area contributed by atoms with Gasteiger partial charge in [0.15, 0.2) is 0 Å². The average Bonchev–Trinajstić information content (AvgIpc) is 3.36. The number of fused-ring (bicyclic) bond motifs is 3. The summed E-state index contributed by atoms with van der Waals surface area (Å²) in [5.41, 5.74) is 4.18. The summed E-state index contributed by atoms with van der Waals surface area (Å²) in [5, 5.41) is 9.53. The molecule has 0 saturated carbocycles. The number of benzene rings is 2. The van der Waals surface area contributed by atoms with Gasteiger partial charge in [0.1, 0.15) is 5.01 Å². The van der Waals surface area contributed by atoms with E-state index in [1.807, 2.05) is 46.4 Å². The van der Waals surface area contributed by atoms with Gasteiger partial charge in [0.05, 0.1) is 11.0 Å². The van der Waals surface area contributed by atoms with E-state index in [2.05, 4.69) is 43.6 Å². The number of imidazole rings is 1. The number of aromatic nitrogens is 5. The van der Waals surface area contributed by atoms with Crippen LogP contribution in [0.5, 0.6) is 0 Å². The number of nitrogens with one attached hydrogen (secondary N) is 2. The lowest BCUT2D eigenvalue weighted by molar-refractivity contribution is 0.987. The van der Waals surface area contributed by atoms with Gasteiger partial charge in [-0.25, -0.2) is 14.5 Å². The molecule has 6 nitrogen and oxygen atoms in total. The molecule has 0 unspecified atom stereocenters. The van der Waals surface area contributed by atoms with Crippen molar-refractivity contribution in [1.82, 2.24) is 24.6 Å². The highest BCUT2D eigenvalue weighted by Gasteiger charge is 2.11. The van der Waals surface area contributed by atoms with Gasteiger partial charge in [-0.3, -0.25) is 5.10 Å². The van der Waals surface area contributed by atoms with E-state index in [0.29, 0.717) is 18.3 Å². The molecule has 0 amide bonds. The summed E-state index contributed by atoms with van der Waals surface area (Å²) in [6, 6.07) is 16.4. The Bertz CT molecular complexity index is 1140. The summed E-state index contributed by atoms with van der Waals surface area (Å²) in [7, 11) is 0. The summed E-state index contributed by atoms with van der Waals surface area (Å²) in [4.78, 5) is 13.5. The van der Waals surface area contributed by atoms with Crippen LogP contribution in [-0.2, 0) is 6.54 Å². The SMILES string of the molecule is c1ccc(CNc2nc3nc4cc(-c5nccs5)ccc4n3[nH]2)cc1. The summed E-state index contributed by atoms with van der Waals surface area (Å²) in [6.07, 6.45) is 1.81. The molecule has 25 heavy (non-hydrogen) atoms. The molecule has 3 aromatic heterocycles. The van der Waals surface area contributed by atoms with E-state index in [1.165, 1.54) is 5.56 Å². The molecule has 2 aromatic carbocycles. The van der Waals surface area contributed by atoms with Gasteiger partial charge in [-0.15, -0.1) is 11.3 Å².